The lowest BCUT2D eigenvalue weighted by Gasteiger charge is -2.26. The number of alkyl halides is 3. The molecule has 1 aliphatic rings. The largest absolute Gasteiger partial charge is 0.461 e. The smallest absolute Gasteiger partial charge is 0.416 e. The van der Waals surface area contributed by atoms with Crippen molar-refractivity contribution in [2.45, 2.75) is 39.0 Å². The molecule has 27 heavy (non-hydrogen) atoms. The summed E-state index contributed by atoms with van der Waals surface area (Å²) in [7, 11) is 0. The maximum Gasteiger partial charge on any atom is 0.416 e. The Hall–Kier alpha value is -2.35. The third kappa shape index (κ3) is 5.09. The molecule has 1 heterocycles. The van der Waals surface area contributed by atoms with Gasteiger partial charge in [0.05, 0.1) is 17.6 Å². The average molecular weight is 386 g/mol. The van der Waals surface area contributed by atoms with Gasteiger partial charge < -0.3 is 14.6 Å². The standard InChI is InChI=1S/C19H21F3O5/c1-17(2,3)16(25)26-11-18(10-23)9-13(15(24)27-18)8-12-4-6-14(7-5-12)19(20,21)22/h4-8,23H,9-11H2,1-3H3/b13-8-. The van der Waals surface area contributed by atoms with Crippen LogP contribution in [-0.2, 0) is 25.2 Å². The van der Waals surface area contributed by atoms with E-state index in [2.05, 4.69) is 0 Å². The molecule has 0 spiro atoms. The van der Waals surface area contributed by atoms with Gasteiger partial charge in [0.1, 0.15) is 6.61 Å². The lowest BCUT2D eigenvalue weighted by Crippen LogP contribution is -2.40. The maximum atomic E-state index is 12.6. The number of rotatable bonds is 4. The molecule has 0 aliphatic carbocycles. The van der Waals surface area contributed by atoms with Gasteiger partial charge in [-0.2, -0.15) is 13.2 Å². The second-order valence-corrected chi connectivity index (χ2v) is 7.52. The molecule has 0 amide bonds. The Bertz CT molecular complexity index is 744. The van der Waals surface area contributed by atoms with Crippen molar-refractivity contribution in [3.05, 3.63) is 41.0 Å². The minimum atomic E-state index is -4.44. The minimum Gasteiger partial charge on any atom is -0.461 e. The molecule has 148 valence electrons. The highest BCUT2D eigenvalue weighted by molar-refractivity contribution is 5.96. The number of ether oxygens (including phenoxy) is 2. The zero-order chi connectivity index (χ0) is 20.5. The Morgan fingerprint density at radius 2 is 1.85 bits per heavy atom. The van der Waals surface area contributed by atoms with E-state index >= 15 is 0 Å². The van der Waals surface area contributed by atoms with E-state index in [1.165, 1.54) is 18.2 Å². The average Bonchev–Trinajstić information content (AvgIpc) is 2.88. The van der Waals surface area contributed by atoms with Crippen molar-refractivity contribution in [3.63, 3.8) is 0 Å². The van der Waals surface area contributed by atoms with Gasteiger partial charge in [-0.05, 0) is 44.5 Å². The van der Waals surface area contributed by atoms with Gasteiger partial charge >= 0.3 is 18.1 Å². The molecule has 1 fully saturated rings. The molecule has 1 aromatic rings. The second kappa shape index (κ2) is 7.34. The van der Waals surface area contributed by atoms with Gasteiger partial charge in [-0.25, -0.2) is 4.79 Å². The number of carbonyl (C=O) groups excluding carboxylic acids is 2. The van der Waals surface area contributed by atoms with Gasteiger partial charge in [-0.15, -0.1) is 0 Å². The maximum absolute atomic E-state index is 12.6. The second-order valence-electron chi connectivity index (χ2n) is 7.52. The fraction of sp³-hybridized carbons (Fsp3) is 0.474. The summed E-state index contributed by atoms with van der Waals surface area (Å²) in [6.07, 6.45) is -3.08. The predicted octanol–water partition coefficient (Wildman–Crippen LogP) is 3.36. The highest BCUT2D eigenvalue weighted by Crippen LogP contribution is 2.34. The van der Waals surface area contributed by atoms with E-state index in [1.54, 1.807) is 20.8 Å². The van der Waals surface area contributed by atoms with E-state index in [0.29, 0.717) is 5.56 Å². The van der Waals surface area contributed by atoms with E-state index in [4.69, 9.17) is 9.47 Å². The van der Waals surface area contributed by atoms with Gasteiger partial charge in [0.25, 0.3) is 0 Å². The topological polar surface area (TPSA) is 72.8 Å². The number of hydrogen-bond donors (Lipinski definition) is 1. The number of aliphatic hydroxyl groups excluding tert-OH is 1. The number of esters is 2. The predicted molar refractivity (Wildman–Crippen MR) is 90.4 cm³/mol. The number of halogens is 3. The Morgan fingerprint density at radius 1 is 1.26 bits per heavy atom. The number of cyclic esters (lactones) is 1. The van der Waals surface area contributed by atoms with Crippen LogP contribution >= 0.6 is 0 Å². The zero-order valence-electron chi connectivity index (χ0n) is 15.2. The number of benzene rings is 1. The van der Waals surface area contributed by atoms with Crippen molar-refractivity contribution in [1.82, 2.24) is 0 Å². The summed E-state index contributed by atoms with van der Waals surface area (Å²) in [6.45, 7) is 4.13. The van der Waals surface area contributed by atoms with E-state index in [0.717, 1.165) is 12.1 Å². The minimum absolute atomic E-state index is 0.0270. The third-order valence-corrected chi connectivity index (χ3v) is 4.03. The molecular formula is C19H21F3O5. The molecule has 1 N–H and O–H groups in total. The number of aliphatic hydroxyl groups is 1. The molecular weight excluding hydrogens is 365 g/mol. The first kappa shape index (κ1) is 21.0. The van der Waals surface area contributed by atoms with E-state index < -0.39 is 41.3 Å². The van der Waals surface area contributed by atoms with Crippen LogP contribution in [0.3, 0.4) is 0 Å². The van der Waals surface area contributed by atoms with E-state index in [9.17, 15) is 27.9 Å². The van der Waals surface area contributed by atoms with Gasteiger partial charge in [-0.3, -0.25) is 4.79 Å². The molecule has 1 saturated heterocycles. The highest BCUT2D eigenvalue weighted by Gasteiger charge is 2.45. The normalized spacial score (nSPS) is 22.0. The van der Waals surface area contributed by atoms with Gasteiger partial charge in [0.2, 0.25) is 0 Å². The molecule has 1 aliphatic heterocycles. The molecule has 1 unspecified atom stereocenters. The van der Waals surface area contributed by atoms with Gasteiger partial charge in [0.15, 0.2) is 5.60 Å². The zero-order valence-corrected chi connectivity index (χ0v) is 15.2. The molecule has 0 saturated carbocycles. The van der Waals surface area contributed by atoms with Crippen LogP contribution < -0.4 is 0 Å². The van der Waals surface area contributed by atoms with Crippen molar-refractivity contribution in [1.29, 1.82) is 0 Å². The van der Waals surface area contributed by atoms with Crippen molar-refractivity contribution in [3.8, 4) is 0 Å². The van der Waals surface area contributed by atoms with E-state index in [-0.39, 0.29) is 18.6 Å². The van der Waals surface area contributed by atoms with Gasteiger partial charge in [-0.1, -0.05) is 12.1 Å². The van der Waals surface area contributed by atoms with Crippen LogP contribution in [0.25, 0.3) is 6.08 Å². The molecule has 0 radical (unpaired) electrons. The molecule has 0 bridgehead atoms. The quantitative estimate of drug-likeness (QED) is 0.635. The lowest BCUT2D eigenvalue weighted by molar-refractivity contribution is -0.171. The van der Waals surface area contributed by atoms with Crippen molar-refractivity contribution >= 4 is 18.0 Å². The summed E-state index contributed by atoms with van der Waals surface area (Å²) < 4.78 is 48.2. The first-order chi connectivity index (χ1) is 12.4. The summed E-state index contributed by atoms with van der Waals surface area (Å²) in [4.78, 5) is 24.0. The molecule has 8 heteroatoms. The van der Waals surface area contributed by atoms with Crippen LogP contribution in [0.1, 0.15) is 38.3 Å². The fourth-order valence-corrected chi connectivity index (χ4v) is 2.42. The van der Waals surface area contributed by atoms with Crippen molar-refractivity contribution < 1.29 is 37.3 Å². The van der Waals surface area contributed by atoms with Crippen LogP contribution in [0, 0.1) is 5.41 Å². The number of hydrogen-bond acceptors (Lipinski definition) is 5. The first-order valence-electron chi connectivity index (χ1n) is 8.26. The molecule has 1 atom stereocenters. The molecule has 2 rings (SSSR count). The molecule has 5 nitrogen and oxygen atoms in total. The monoisotopic (exact) mass is 386 g/mol. The van der Waals surface area contributed by atoms with Crippen molar-refractivity contribution in [2.75, 3.05) is 13.2 Å². The SMILES string of the molecule is CC(C)(C)C(=O)OCC1(CO)C/C(=C/c2ccc(C(F)(F)F)cc2)C(=O)O1. The third-order valence-electron chi connectivity index (χ3n) is 4.03. The number of carbonyl (C=O) groups is 2. The van der Waals surface area contributed by atoms with Crippen molar-refractivity contribution in [2.24, 2.45) is 5.41 Å². The Labute approximate surface area is 154 Å². The Morgan fingerprint density at radius 3 is 2.33 bits per heavy atom. The van der Waals surface area contributed by atoms with Crippen LogP contribution in [0.15, 0.2) is 29.8 Å². The van der Waals surface area contributed by atoms with E-state index in [1.807, 2.05) is 0 Å². The van der Waals surface area contributed by atoms with Crippen LogP contribution in [0.5, 0.6) is 0 Å². The van der Waals surface area contributed by atoms with Crippen LogP contribution in [0.2, 0.25) is 0 Å². The van der Waals surface area contributed by atoms with Crippen LogP contribution in [0.4, 0.5) is 13.2 Å². The summed E-state index contributed by atoms with van der Waals surface area (Å²) in [5, 5.41) is 9.64. The van der Waals surface area contributed by atoms with Gasteiger partial charge in [0, 0.05) is 12.0 Å². The Balaban J connectivity index is 2.14. The molecule has 0 aromatic heterocycles. The Kier molecular flexibility index (Phi) is 5.70. The summed E-state index contributed by atoms with van der Waals surface area (Å²) >= 11 is 0. The lowest BCUT2D eigenvalue weighted by atomic mass is 9.96. The van der Waals surface area contributed by atoms with Crippen LogP contribution in [-0.4, -0.2) is 35.9 Å². The highest BCUT2D eigenvalue weighted by atomic mass is 19.4. The summed E-state index contributed by atoms with van der Waals surface area (Å²) in [5.74, 6) is -1.22. The summed E-state index contributed by atoms with van der Waals surface area (Å²) in [5.41, 5.74) is -2.38. The fourth-order valence-electron chi connectivity index (χ4n) is 2.42. The molecule has 1 aromatic carbocycles. The summed E-state index contributed by atoms with van der Waals surface area (Å²) in [6, 6.07) is 4.30. The first-order valence-corrected chi connectivity index (χ1v) is 8.26.